The summed E-state index contributed by atoms with van der Waals surface area (Å²) >= 11 is 1.72. The van der Waals surface area contributed by atoms with Gasteiger partial charge in [-0.3, -0.25) is 4.79 Å². The summed E-state index contributed by atoms with van der Waals surface area (Å²) in [5.74, 6) is 1.80. The molecule has 0 saturated carbocycles. The maximum Gasteiger partial charge on any atom is 0.240 e. The van der Waals surface area contributed by atoms with E-state index in [1.807, 2.05) is 28.8 Å². The second kappa shape index (κ2) is 8.91. The number of para-hydroxylation sites is 2. The zero-order chi connectivity index (χ0) is 19.3. The lowest BCUT2D eigenvalue weighted by Gasteiger charge is -2.32. The fourth-order valence-corrected chi connectivity index (χ4v) is 3.51. The summed E-state index contributed by atoms with van der Waals surface area (Å²) in [6, 6.07) is 8.15. The molecular formula is C20H32N4OS. The topological polar surface area (TPSA) is 50.2 Å². The highest BCUT2D eigenvalue weighted by atomic mass is 32.2. The zero-order valence-corrected chi connectivity index (χ0v) is 17.7. The van der Waals surface area contributed by atoms with Gasteiger partial charge in [0.2, 0.25) is 5.91 Å². The van der Waals surface area contributed by atoms with Crippen molar-refractivity contribution in [2.75, 3.05) is 26.9 Å². The highest BCUT2D eigenvalue weighted by Crippen LogP contribution is 2.23. The van der Waals surface area contributed by atoms with E-state index in [1.165, 1.54) is 0 Å². The first kappa shape index (κ1) is 20.8. The number of carbonyl (C=O) groups excluding carboxylic acids is 1. The SMILES string of the molecule is CSCc1nc2ccccc2n1CC(=O)NC(CCN(C)C)C(C)(C)C. The summed E-state index contributed by atoms with van der Waals surface area (Å²) in [5, 5.41) is 3.26. The number of nitrogens with zero attached hydrogens (tertiary/aromatic N) is 3. The van der Waals surface area contributed by atoms with Crippen LogP contribution in [0.25, 0.3) is 11.0 Å². The van der Waals surface area contributed by atoms with Crippen LogP contribution in [0, 0.1) is 5.41 Å². The summed E-state index contributed by atoms with van der Waals surface area (Å²) in [5.41, 5.74) is 1.99. The number of carbonyl (C=O) groups is 1. The molecule has 2 rings (SSSR count). The van der Waals surface area contributed by atoms with Crippen LogP contribution in [0.2, 0.25) is 0 Å². The van der Waals surface area contributed by atoms with Crippen molar-refractivity contribution >= 4 is 28.7 Å². The van der Waals surface area contributed by atoms with Gasteiger partial charge >= 0.3 is 0 Å². The third kappa shape index (κ3) is 5.48. The minimum Gasteiger partial charge on any atom is -0.351 e. The molecule has 0 fully saturated rings. The number of imidazole rings is 1. The molecule has 1 aromatic heterocycles. The molecule has 1 atom stereocenters. The van der Waals surface area contributed by atoms with Gasteiger partial charge in [0, 0.05) is 6.04 Å². The monoisotopic (exact) mass is 376 g/mol. The number of nitrogens with one attached hydrogen (secondary N) is 1. The summed E-state index contributed by atoms with van der Waals surface area (Å²) < 4.78 is 2.05. The van der Waals surface area contributed by atoms with Gasteiger partial charge in [-0.05, 0) is 50.9 Å². The van der Waals surface area contributed by atoms with Gasteiger partial charge in [0.1, 0.15) is 12.4 Å². The lowest BCUT2D eigenvalue weighted by Crippen LogP contribution is -2.46. The van der Waals surface area contributed by atoms with Gasteiger partial charge in [-0.1, -0.05) is 32.9 Å². The smallest absolute Gasteiger partial charge is 0.240 e. The van der Waals surface area contributed by atoms with Crippen LogP contribution in [0.3, 0.4) is 0 Å². The van der Waals surface area contributed by atoms with E-state index in [9.17, 15) is 4.79 Å². The molecule has 0 aliphatic carbocycles. The molecule has 1 aromatic carbocycles. The first-order chi connectivity index (χ1) is 12.2. The lowest BCUT2D eigenvalue weighted by molar-refractivity contribution is -0.123. The van der Waals surface area contributed by atoms with Gasteiger partial charge in [0.25, 0.3) is 0 Å². The summed E-state index contributed by atoms with van der Waals surface area (Å²) in [6.07, 6.45) is 2.99. The molecule has 0 bridgehead atoms. The van der Waals surface area contributed by atoms with Crippen LogP contribution < -0.4 is 5.32 Å². The predicted octanol–water partition coefficient (Wildman–Crippen LogP) is 3.38. The fraction of sp³-hybridized carbons (Fsp3) is 0.600. The second-order valence-electron chi connectivity index (χ2n) is 8.11. The van der Waals surface area contributed by atoms with E-state index in [1.54, 1.807) is 11.8 Å². The average molecular weight is 377 g/mol. The van der Waals surface area contributed by atoms with Crippen molar-refractivity contribution in [1.29, 1.82) is 0 Å². The average Bonchev–Trinajstić information content (AvgIpc) is 2.88. The molecule has 1 amide bonds. The molecule has 0 saturated heterocycles. The zero-order valence-electron chi connectivity index (χ0n) is 16.9. The van der Waals surface area contributed by atoms with Crippen LogP contribution in [0.1, 0.15) is 33.0 Å². The summed E-state index contributed by atoms with van der Waals surface area (Å²) in [7, 11) is 4.13. The second-order valence-corrected chi connectivity index (χ2v) is 8.98. The molecular weight excluding hydrogens is 344 g/mol. The Kier molecular flexibility index (Phi) is 7.12. The van der Waals surface area contributed by atoms with E-state index in [-0.39, 0.29) is 17.4 Å². The molecule has 1 unspecified atom stereocenters. The Balaban J connectivity index is 2.17. The first-order valence-electron chi connectivity index (χ1n) is 9.09. The molecule has 1 N–H and O–H groups in total. The fourth-order valence-electron chi connectivity index (χ4n) is 3.03. The molecule has 1 heterocycles. The standard InChI is InChI=1S/C20H32N4OS/c1-20(2,3)17(11-12-23(4)5)22-19(25)13-24-16-10-8-7-9-15(16)21-18(24)14-26-6/h7-10,17H,11-14H2,1-6H3,(H,22,25). The van der Waals surface area contributed by atoms with Crippen LogP contribution in [0.5, 0.6) is 0 Å². The summed E-state index contributed by atoms with van der Waals surface area (Å²) in [4.78, 5) is 19.7. The Morgan fingerprint density at radius 2 is 2.00 bits per heavy atom. The van der Waals surface area contributed by atoms with E-state index in [2.05, 4.69) is 51.3 Å². The molecule has 26 heavy (non-hydrogen) atoms. The predicted molar refractivity (Wildman–Crippen MR) is 112 cm³/mol. The quantitative estimate of drug-likeness (QED) is 0.767. The van der Waals surface area contributed by atoms with E-state index in [0.717, 1.165) is 35.6 Å². The number of hydrogen-bond donors (Lipinski definition) is 1. The minimum atomic E-state index is 0.0186. The number of benzene rings is 1. The van der Waals surface area contributed by atoms with Crippen molar-refractivity contribution in [3.63, 3.8) is 0 Å². The van der Waals surface area contributed by atoms with Crippen LogP contribution in [-0.4, -0.2) is 53.3 Å². The summed E-state index contributed by atoms with van der Waals surface area (Å²) in [6.45, 7) is 7.80. The maximum atomic E-state index is 12.8. The van der Waals surface area contributed by atoms with Gasteiger partial charge in [-0.2, -0.15) is 11.8 Å². The van der Waals surface area contributed by atoms with Crippen LogP contribution >= 0.6 is 11.8 Å². The number of fused-ring (bicyclic) bond motifs is 1. The van der Waals surface area contributed by atoms with Gasteiger partial charge < -0.3 is 14.8 Å². The van der Waals surface area contributed by atoms with Crippen molar-refractivity contribution in [2.45, 2.75) is 45.5 Å². The van der Waals surface area contributed by atoms with Crippen molar-refractivity contribution in [2.24, 2.45) is 5.41 Å². The molecule has 2 aromatic rings. The first-order valence-corrected chi connectivity index (χ1v) is 10.5. The Morgan fingerprint density at radius 3 is 2.62 bits per heavy atom. The highest BCUT2D eigenvalue weighted by molar-refractivity contribution is 7.97. The Bertz CT molecular complexity index is 733. The van der Waals surface area contributed by atoms with E-state index in [4.69, 9.17) is 4.98 Å². The molecule has 0 aliphatic heterocycles. The number of thioether (sulfide) groups is 1. The largest absolute Gasteiger partial charge is 0.351 e. The Hall–Kier alpha value is -1.53. The van der Waals surface area contributed by atoms with Crippen molar-refractivity contribution in [3.8, 4) is 0 Å². The highest BCUT2D eigenvalue weighted by Gasteiger charge is 2.26. The van der Waals surface area contributed by atoms with E-state index < -0.39 is 0 Å². The lowest BCUT2D eigenvalue weighted by atomic mass is 9.84. The number of hydrogen-bond acceptors (Lipinski definition) is 4. The third-order valence-corrected chi connectivity index (χ3v) is 5.10. The molecule has 144 valence electrons. The number of aromatic nitrogens is 2. The van der Waals surface area contributed by atoms with E-state index in [0.29, 0.717) is 6.54 Å². The Labute approximate surface area is 161 Å². The van der Waals surface area contributed by atoms with Crippen molar-refractivity contribution in [1.82, 2.24) is 19.8 Å². The van der Waals surface area contributed by atoms with Crippen LogP contribution in [0.15, 0.2) is 24.3 Å². The van der Waals surface area contributed by atoms with Crippen LogP contribution in [-0.2, 0) is 17.1 Å². The molecule has 6 heteroatoms. The van der Waals surface area contributed by atoms with Gasteiger partial charge in [0.15, 0.2) is 0 Å². The van der Waals surface area contributed by atoms with E-state index >= 15 is 0 Å². The van der Waals surface area contributed by atoms with Crippen LogP contribution in [0.4, 0.5) is 0 Å². The molecule has 5 nitrogen and oxygen atoms in total. The number of rotatable bonds is 8. The van der Waals surface area contributed by atoms with Crippen molar-refractivity contribution in [3.05, 3.63) is 30.1 Å². The van der Waals surface area contributed by atoms with Gasteiger partial charge in [0.05, 0.1) is 16.8 Å². The minimum absolute atomic E-state index is 0.0186. The number of amides is 1. The Morgan fingerprint density at radius 1 is 1.31 bits per heavy atom. The molecule has 0 spiro atoms. The van der Waals surface area contributed by atoms with Gasteiger partial charge in [-0.25, -0.2) is 4.98 Å². The normalized spacial score (nSPS) is 13.3. The maximum absolute atomic E-state index is 12.8. The van der Waals surface area contributed by atoms with Crippen molar-refractivity contribution < 1.29 is 4.79 Å². The van der Waals surface area contributed by atoms with Gasteiger partial charge in [-0.15, -0.1) is 0 Å². The molecule has 0 aliphatic rings. The third-order valence-electron chi connectivity index (χ3n) is 4.55. The molecule has 0 radical (unpaired) electrons.